The van der Waals surface area contributed by atoms with Gasteiger partial charge in [-0.25, -0.2) is 9.97 Å². The summed E-state index contributed by atoms with van der Waals surface area (Å²) in [6.45, 7) is 0. The molecule has 0 saturated heterocycles. The number of hydrogen-bond acceptors (Lipinski definition) is 5. The molecule has 16 heavy (non-hydrogen) atoms. The molecule has 0 aliphatic carbocycles. The van der Waals surface area contributed by atoms with Gasteiger partial charge in [-0.2, -0.15) is 0 Å². The molecular weight excluding hydrogens is 222 g/mol. The number of rotatable bonds is 4. The predicted octanol–water partition coefficient (Wildman–Crippen LogP) is 1.54. The molecule has 0 fully saturated rings. The number of thioether (sulfide) groups is 1. The highest BCUT2D eigenvalue weighted by Gasteiger charge is 2.02. The first-order valence-electron chi connectivity index (χ1n) is 4.88. The Kier molecular flexibility index (Phi) is 3.40. The van der Waals surface area contributed by atoms with Gasteiger partial charge in [0.2, 0.25) is 0 Å². The van der Waals surface area contributed by atoms with Crippen molar-refractivity contribution in [2.45, 2.75) is 10.9 Å². The highest BCUT2D eigenvalue weighted by molar-refractivity contribution is 7.98. The molecule has 0 saturated carbocycles. The second-order valence-corrected chi connectivity index (χ2v) is 4.19. The molecule has 0 radical (unpaired) electrons. The van der Waals surface area contributed by atoms with Crippen LogP contribution in [0.2, 0.25) is 0 Å². The molecule has 0 unspecified atom stereocenters. The molecule has 0 atom stereocenters. The van der Waals surface area contributed by atoms with Crippen LogP contribution in [-0.4, -0.2) is 26.6 Å². The van der Waals surface area contributed by atoms with Crippen molar-refractivity contribution in [2.75, 3.05) is 12.4 Å². The van der Waals surface area contributed by atoms with Crippen LogP contribution < -0.4 is 5.32 Å². The average molecular weight is 235 g/mol. The molecule has 0 spiro atoms. The van der Waals surface area contributed by atoms with Crippen LogP contribution in [0.15, 0.2) is 29.9 Å². The molecule has 0 aliphatic rings. The average Bonchev–Trinajstić information content (AvgIpc) is 2.73. The van der Waals surface area contributed by atoms with Crippen LogP contribution in [0.1, 0.15) is 5.69 Å². The van der Waals surface area contributed by atoms with E-state index in [0.717, 1.165) is 22.4 Å². The largest absolute Gasteiger partial charge is 0.372 e. The van der Waals surface area contributed by atoms with Crippen molar-refractivity contribution < 1.29 is 0 Å². The van der Waals surface area contributed by atoms with Gasteiger partial charge in [0.15, 0.2) is 5.16 Å². The van der Waals surface area contributed by atoms with Crippen molar-refractivity contribution in [1.82, 2.24) is 19.5 Å². The van der Waals surface area contributed by atoms with Gasteiger partial charge in [0.05, 0.1) is 18.1 Å². The Morgan fingerprint density at radius 1 is 1.31 bits per heavy atom. The van der Waals surface area contributed by atoms with Gasteiger partial charge in [-0.15, -0.1) is 0 Å². The molecule has 0 bridgehead atoms. The number of nitrogens with zero attached hydrogens (tertiary/aromatic N) is 4. The van der Waals surface area contributed by atoms with Crippen molar-refractivity contribution in [3.05, 3.63) is 30.5 Å². The SMILES string of the molecule is CNc1cnc(CSc2nccn2C)cn1. The monoisotopic (exact) mass is 235 g/mol. The third kappa shape index (κ3) is 2.52. The van der Waals surface area contributed by atoms with Crippen LogP contribution in [-0.2, 0) is 12.8 Å². The van der Waals surface area contributed by atoms with Crippen molar-refractivity contribution in [1.29, 1.82) is 0 Å². The third-order valence-corrected chi connectivity index (χ3v) is 3.18. The summed E-state index contributed by atoms with van der Waals surface area (Å²) < 4.78 is 1.99. The standard InChI is InChI=1S/C10H13N5S/c1-11-9-6-13-8(5-14-9)7-16-10-12-3-4-15(10)2/h3-6H,7H2,1-2H3,(H,11,14). The van der Waals surface area contributed by atoms with E-state index < -0.39 is 0 Å². The normalized spacial score (nSPS) is 10.4. The van der Waals surface area contributed by atoms with Gasteiger partial charge in [-0.3, -0.25) is 4.98 Å². The number of anilines is 1. The summed E-state index contributed by atoms with van der Waals surface area (Å²) >= 11 is 1.65. The first-order chi connectivity index (χ1) is 7.79. The summed E-state index contributed by atoms with van der Waals surface area (Å²) in [5.41, 5.74) is 0.951. The number of aromatic nitrogens is 4. The van der Waals surface area contributed by atoms with Crippen LogP contribution >= 0.6 is 11.8 Å². The van der Waals surface area contributed by atoms with E-state index in [-0.39, 0.29) is 0 Å². The fourth-order valence-corrected chi connectivity index (χ4v) is 2.01. The van der Waals surface area contributed by atoms with Gasteiger partial charge < -0.3 is 9.88 Å². The fraction of sp³-hybridized carbons (Fsp3) is 0.300. The smallest absolute Gasteiger partial charge is 0.168 e. The van der Waals surface area contributed by atoms with Crippen LogP contribution in [0.3, 0.4) is 0 Å². The Morgan fingerprint density at radius 2 is 2.19 bits per heavy atom. The Labute approximate surface area is 98.3 Å². The second kappa shape index (κ2) is 4.98. The van der Waals surface area contributed by atoms with E-state index >= 15 is 0 Å². The molecule has 2 rings (SSSR count). The molecule has 0 aliphatic heterocycles. The number of hydrogen-bond donors (Lipinski definition) is 1. The molecule has 0 aromatic carbocycles. The molecular formula is C10H13N5S. The Hall–Kier alpha value is -1.56. The second-order valence-electron chi connectivity index (χ2n) is 3.25. The quantitative estimate of drug-likeness (QED) is 0.815. The molecule has 84 valence electrons. The van der Waals surface area contributed by atoms with Gasteiger partial charge >= 0.3 is 0 Å². The highest BCUT2D eigenvalue weighted by atomic mass is 32.2. The number of aryl methyl sites for hydroxylation is 1. The zero-order chi connectivity index (χ0) is 11.4. The van der Waals surface area contributed by atoms with Crippen molar-refractivity contribution in [3.8, 4) is 0 Å². The van der Waals surface area contributed by atoms with Crippen LogP contribution in [0, 0.1) is 0 Å². The van der Waals surface area contributed by atoms with E-state index in [2.05, 4.69) is 20.3 Å². The summed E-state index contributed by atoms with van der Waals surface area (Å²) in [4.78, 5) is 12.7. The number of imidazole rings is 1. The van der Waals surface area contributed by atoms with E-state index in [9.17, 15) is 0 Å². The van der Waals surface area contributed by atoms with Gasteiger partial charge in [0.25, 0.3) is 0 Å². The summed E-state index contributed by atoms with van der Waals surface area (Å²) in [6.07, 6.45) is 7.23. The topological polar surface area (TPSA) is 55.6 Å². The first kappa shape index (κ1) is 10.9. The Balaban J connectivity index is 1.97. The minimum Gasteiger partial charge on any atom is -0.372 e. The summed E-state index contributed by atoms with van der Waals surface area (Å²) in [6, 6.07) is 0. The molecule has 2 aromatic heterocycles. The minimum absolute atomic E-state index is 0.780. The summed E-state index contributed by atoms with van der Waals surface area (Å²) in [5, 5.41) is 3.92. The zero-order valence-corrected chi connectivity index (χ0v) is 10.0. The van der Waals surface area contributed by atoms with Crippen molar-refractivity contribution >= 4 is 17.6 Å². The summed E-state index contributed by atoms with van der Waals surface area (Å²) in [7, 11) is 3.80. The zero-order valence-electron chi connectivity index (χ0n) is 9.21. The van der Waals surface area contributed by atoms with Gasteiger partial charge in [-0.1, -0.05) is 11.8 Å². The maximum atomic E-state index is 4.30. The molecule has 0 amide bonds. The van der Waals surface area contributed by atoms with Crippen molar-refractivity contribution in [3.63, 3.8) is 0 Å². The van der Waals surface area contributed by atoms with E-state index in [1.165, 1.54) is 0 Å². The number of nitrogens with one attached hydrogen (secondary N) is 1. The Morgan fingerprint density at radius 3 is 2.75 bits per heavy atom. The van der Waals surface area contributed by atoms with Gasteiger partial charge in [-0.05, 0) is 0 Å². The van der Waals surface area contributed by atoms with Gasteiger partial charge in [0, 0.05) is 32.2 Å². The molecule has 2 heterocycles. The van der Waals surface area contributed by atoms with Crippen LogP contribution in [0.25, 0.3) is 0 Å². The predicted molar refractivity (Wildman–Crippen MR) is 64.3 cm³/mol. The van der Waals surface area contributed by atoms with Crippen LogP contribution in [0.4, 0.5) is 5.82 Å². The maximum Gasteiger partial charge on any atom is 0.168 e. The fourth-order valence-electron chi connectivity index (χ4n) is 1.19. The van der Waals surface area contributed by atoms with E-state index in [1.807, 2.05) is 24.9 Å². The van der Waals surface area contributed by atoms with E-state index in [1.54, 1.807) is 30.4 Å². The van der Waals surface area contributed by atoms with E-state index in [0.29, 0.717) is 0 Å². The van der Waals surface area contributed by atoms with Crippen molar-refractivity contribution in [2.24, 2.45) is 7.05 Å². The lowest BCUT2D eigenvalue weighted by atomic mass is 10.5. The first-order valence-corrected chi connectivity index (χ1v) is 5.87. The lowest BCUT2D eigenvalue weighted by Crippen LogP contribution is -1.96. The molecule has 5 nitrogen and oxygen atoms in total. The Bertz CT molecular complexity index is 450. The van der Waals surface area contributed by atoms with E-state index in [4.69, 9.17) is 0 Å². The highest BCUT2D eigenvalue weighted by Crippen LogP contribution is 2.18. The third-order valence-electron chi connectivity index (χ3n) is 2.09. The molecule has 6 heteroatoms. The van der Waals surface area contributed by atoms with Crippen LogP contribution in [0.5, 0.6) is 0 Å². The lowest BCUT2D eigenvalue weighted by Gasteiger charge is -2.02. The minimum atomic E-state index is 0.780. The molecule has 1 N–H and O–H groups in total. The summed E-state index contributed by atoms with van der Waals surface area (Å²) in [5.74, 6) is 1.56. The molecule has 2 aromatic rings. The maximum absolute atomic E-state index is 4.30. The lowest BCUT2D eigenvalue weighted by molar-refractivity contribution is 0.789. The van der Waals surface area contributed by atoms with Gasteiger partial charge in [0.1, 0.15) is 5.82 Å².